The number of rotatable bonds is 3. The number of halogens is 4. The second-order valence-corrected chi connectivity index (χ2v) is 4.01. The van der Waals surface area contributed by atoms with Gasteiger partial charge in [0, 0.05) is 0 Å². The van der Waals surface area contributed by atoms with Gasteiger partial charge in [0.1, 0.15) is 5.75 Å². The van der Waals surface area contributed by atoms with Gasteiger partial charge in [-0.25, -0.2) is 4.39 Å². The highest BCUT2D eigenvalue weighted by Gasteiger charge is 2.33. The molecule has 0 amide bonds. The van der Waals surface area contributed by atoms with Gasteiger partial charge in [0.15, 0.2) is 11.6 Å². The summed E-state index contributed by atoms with van der Waals surface area (Å²) >= 11 is 0. The third kappa shape index (κ3) is 3.08. The van der Waals surface area contributed by atoms with Crippen molar-refractivity contribution >= 4 is 0 Å². The Hall–Kier alpha value is -2.08. The molecule has 20 heavy (non-hydrogen) atoms. The predicted molar refractivity (Wildman–Crippen MR) is 63.8 cm³/mol. The molecule has 6 heteroatoms. The molecule has 0 heterocycles. The van der Waals surface area contributed by atoms with Crippen LogP contribution in [-0.2, 0) is 12.8 Å². The molecule has 2 aromatic carbocycles. The molecule has 0 atom stereocenters. The van der Waals surface area contributed by atoms with Crippen molar-refractivity contribution in [1.82, 2.24) is 0 Å². The van der Waals surface area contributed by atoms with Gasteiger partial charge in [0.2, 0.25) is 0 Å². The van der Waals surface area contributed by atoms with Crippen LogP contribution in [0.1, 0.15) is 11.1 Å². The number of ether oxygens (including phenoxy) is 1. The summed E-state index contributed by atoms with van der Waals surface area (Å²) in [5, 5.41) is 8.91. The maximum absolute atomic E-state index is 13.4. The van der Waals surface area contributed by atoms with Crippen LogP contribution in [0.5, 0.6) is 11.5 Å². The fourth-order valence-electron chi connectivity index (χ4n) is 1.68. The van der Waals surface area contributed by atoms with E-state index in [9.17, 15) is 17.6 Å². The molecule has 0 saturated carbocycles. The lowest BCUT2D eigenvalue weighted by atomic mass is 10.1. The number of para-hydroxylation sites is 1. The van der Waals surface area contributed by atoms with Crippen molar-refractivity contribution in [1.29, 1.82) is 0 Å². The van der Waals surface area contributed by atoms with Gasteiger partial charge < -0.3 is 9.84 Å². The van der Waals surface area contributed by atoms with Crippen molar-refractivity contribution in [3.8, 4) is 11.5 Å². The molecule has 0 fully saturated rings. The van der Waals surface area contributed by atoms with Crippen LogP contribution in [0.2, 0.25) is 0 Å². The molecular formula is C14H10F4O2. The zero-order chi connectivity index (χ0) is 14.8. The lowest BCUT2D eigenvalue weighted by molar-refractivity contribution is -0.138. The van der Waals surface area contributed by atoms with E-state index in [1.807, 2.05) is 0 Å². The lowest BCUT2D eigenvalue weighted by Crippen LogP contribution is -2.09. The smallest absolute Gasteiger partial charge is 0.416 e. The van der Waals surface area contributed by atoms with Crippen LogP contribution < -0.4 is 4.74 Å². The number of alkyl halides is 3. The summed E-state index contributed by atoms with van der Waals surface area (Å²) in [7, 11) is 0. The fourth-order valence-corrected chi connectivity index (χ4v) is 1.68. The largest absolute Gasteiger partial charge is 0.454 e. The minimum absolute atomic E-state index is 0.153. The molecule has 2 rings (SSSR count). The van der Waals surface area contributed by atoms with Crippen LogP contribution in [0.15, 0.2) is 42.5 Å². The number of hydrogen-bond donors (Lipinski definition) is 1. The first-order valence-electron chi connectivity index (χ1n) is 5.65. The van der Waals surface area contributed by atoms with Crippen molar-refractivity contribution in [3.05, 3.63) is 59.4 Å². The summed E-state index contributed by atoms with van der Waals surface area (Å²) in [6.45, 7) is -0.741. The first-order chi connectivity index (χ1) is 9.41. The van der Waals surface area contributed by atoms with E-state index < -0.39 is 24.2 Å². The first-order valence-corrected chi connectivity index (χ1v) is 5.65. The average Bonchev–Trinajstić information content (AvgIpc) is 2.40. The van der Waals surface area contributed by atoms with E-state index in [0.29, 0.717) is 0 Å². The minimum Gasteiger partial charge on any atom is -0.454 e. The Bertz CT molecular complexity index is 608. The third-order valence-corrected chi connectivity index (χ3v) is 2.62. The van der Waals surface area contributed by atoms with E-state index in [0.717, 1.165) is 18.2 Å². The molecule has 0 aliphatic rings. The molecule has 0 spiro atoms. The van der Waals surface area contributed by atoms with Crippen LogP contribution in [-0.4, -0.2) is 5.11 Å². The zero-order valence-electron chi connectivity index (χ0n) is 10.1. The molecule has 0 aliphatic carbocycles. The molecular weight excluding hydrogens is 276 g/mol. The molecule has 0 unspecified atom stereocenters. The average molecular weight is 286 g/mol. The molecule has 0 aromatic heterocycles. The molecule has 0 bridgehead atoms. The van der Waals surface area contributed by atoms with Crippen LogP contribution in [0.3, 0.4) is 0 Å². The van der Waals surface area contributed by atoms with Gasteiger partial charge in [-0.1, -0.05) is 18.2 Å². The highest BCUT2D eigenvalue weighted by molar-refractivity contribution is 5.40. The van der Waals surface area contributed by atoms with E-state index in [-0.39, 0.29) is 17.1 Å². The number of hydrogen-bond acceptors (Lipinski definition) is 2. The van der Waals surface area contributed by atoms with Gasteiger partial charge in [0.05, 0.1) is 12.2 Å². The van der Waals surface area contributed by atoms with Gasteiger partial charge in [-0.05, 0) is 29.8 Å². The van der Waals surface area contributed by atoms with Crippen LogP contribution in [0.25, 0.3) is 0 Å². The van der Waals surface area contributed by atoms with Crippen molar-refractivity contribution in [2.45, 2.75) is 12.8 Å². The maximum atomic E-state index is 13.4. The van der Waals surface area contributed by atoms with E-state index >= 15 is 0 Å². The third-order valence-electron chi connectivity index (χ3n) is 2.62. The van der Waals surface area contributed by atoms with Crippen molar-refractivity contribution in [3.63, 3.8) is 0 Å². The molecule has 106 valence electrons. The van der Waals surface area contributed by atoms with Crippen LogP contribution in [0.4, 0.5) is 17.6 Å². The Morgan fingerprint density at radius 1 is 1.05 bits per heavy atom. The van der Waals surface area contributed by atoms with Gasteiger partial charge in [0.25, 0.3) is 0 Å². The summed E-state index contributed by atoms with van der Waals surface area (Å²) in [5.41, 5.74) is -1.27. The summed E-state index contributed by atoms with van der Waals surface area (Å²) in [5.74, 6) is -0.996. The number of aliphatic hydroxyl groups excluding tert-OH is 1. The molecule has 2 nitrogen and oxygen atoms in total. The van der Waals surface area contributed by atoms with Gasteiger partial charge in [-0.3, -0.25) is 0 Å². The van der Waals surface area contributed by atoms with E-state index in [2.05, 4.69) is 0 Å². The van der Waals surface area contributed by atoms with Gasteiger partial charge >= 0.3 is 6.18 Å². The Kier molecular flexibility index (Phi) is 3.94. The van der Waals surface area contributed by atoms with Gasteiger partial charge in [-0.2, -0.15) is 13.2 Å². The fraction of sp³-hybridized carbons (Fsp3) is 0.143. The quantitative estimate of drug-likeness (QED) is 0.860. The minimum atomic E-state index is -4.62. The number of benzene rings is 2. The molecule has 2 aromatic rings. The zero-order valence-corrected chi connectivity index (χ0v) is 10.1. The van der Waals surface area contributed by atoms with E-state index in [4.69, 9.17) is 9.84 Å². The molecule has 0 aliphatic heterocycles. The molecule has 0 radical (unpaired) electrons. The van der Waals surface area contributed by atoms with Gasteiger partial charge in [-0.15, -0.1) is 0 Å². The standard InChI is InChI=1S/C14H10F4O2/c15-12-3-1-2-4-13(12)20-10-6-5-9(8-19)11(7-10)14(16,17)18/h1-7,19H,8H2. The van der Waals surface area contributed by atoms with Crippen molar-refractivity contribution < 1.29 is 27.4 Å². The SMILES string of the molecule is OCc1ccc(Oc2ccccc2F)cc1C(F)(F)F. The predicted octanol–water partition coefficient (Wildman–Crippen LogP) is 4.13. The van der Waals surface area contributed by atoms with Crippen LogP contribution in [0, 0.1) is 5.82 Å². The second kappa shape index (κ2) is 5.50. The summed E-state index contributed by atoms with van der Waals surface area (Å²) < 4.78 is 56.8. The summed E-state index contributed by atoms with van der Waals surface area (Å²) in [6.07, 6.45) is -4.62. The maximum Gasteiger partial charge on any atom is 0.416 e. The summed E-state index contributed by atoms with van der Waals surface area (Å²) in [4.78, 5) is 0. The normalized spacial score (nSPS) is 11.4. The first kappa shape index (κ1) is 14.3. The molecule has 0 saturated heterocycles. The summed E-state index contributed by atoms with van der Waals surface area (Å²) in [6, 6.07) is 8.47. The van der Waals surface area contributed by atoms with E-state index in [1.54, 1.807) is 0 Å². The lowest BCUT2D eigenvalue weighted by Gasteiger charge is -2.14. The Labute approximate surface area is 112 Å². The van der Waals surface area contributed by atoms with Crippen molar-refractivity contribution in [2.24, 2.45) is 0 Å². The Morgan fingerprint density at radius 2 is 1.75 bits per heavy atom. The number of aliphatic hydroxyl groups is 1. The second-order valence-electron chi connectivity index (χ2n) is 4.01. The monoisotopic (exact) mass is 286 g/mol. The Balaban J connectivity index is 2.37. The molecule has 1 N–H and O–H groups in total. The highest BCUT2D eigenvalue weighted by Crippen LogP contribution is 2.35. The Morgan fingerprint density at radius 3 is 2.35 bits per heavy atom. The topological polar surface area (TPSA) is 29.5 Å². The highest BCUT2D eigenvalue weighted by atomic mass is 19.4. The van der Waals surface area contributed by atoms with E-state index in [1.165, 1.54) is 24.3 Å². The van der Waals surface area contributed by atoms with Crippen molar-refractivity contribution in [2.75, 3.05) is 0 Å². The van der Waals surface area contributed by atoms with Crippen LogP contribution >= 0.6 is 0 Å².